The number of rotatable bonds is 15. The fraction of sp³-hybridized carbons (Fsp3) is 0.354. The number of hydrogen-bond acceptors (Lipinski definition) is 8. The van der Waals surface area contributed by atoms with Crippen molar-refractivity contribution in [3.8, 4) is 33.6 Å². The number of hydrogen-bond donors (Lipinski definition) is 4. The normalized spacial score (nSPS) is 16.9. The summed E-state index contributed by atoms with van der Waals surface area (Å²) < 4.78 is 15.8. The Bertz CT molecular complexity index is 2480. The Morgan fingerprint density at radius 3 is 2.20 bits per heavy atom. The molecule has 1 spiro atoms. The topological polar surface area (TPSA) is 164 Å². The van der Waals surface area contributed by atoms with Gasteiger partial charge in [0.2, 0.25) is 5.91 Å². The number of unbranched alkanes of at least 4 members (excludes halogenated alkanes) is 1. The van der Waals surface area contributed by atoms with Crippen molar-refractivity contribution >= 4 is 28.9 Å². The van der Waals surface area contributed by atoms with Crippen molar-refractivity contribution in [2.24, 2.45) is 5.41 Å². The molecule has 2 aliphatic rings. The summed E-state index contributed by atoms with van der Waals surface area (Å²) in [5.41, 5.74) is 6.92. The minimum Gasteiger partial charge on any atom is -0.453 e. The maximum atomic E-state index is 14.0. The van der Waals surface area contributed by atoms with Crippen molar-refractivity contribution in [3.63, 3.8) is 0 Å². The molecule has 61 heavy (non-hydrogen) atoms. The van der Waals surface area contributed by atoms with E-state index >= 15 is 0 Å². The third kappa shape index (κ3) is 9.31. The maximum Gasteiger partial charge on any atom is 0.408 e. The van der Waals surface area contributed by atoms with Gasteiger partial charge < -0.3 is 39.7 Å². The summed E-state index contributed by atoms with van der Waals surface area (Å²) in [5, 5.41) is 7.90. The Kier molecular flexibility index (Phi) is 12.2. The van der Waals surface area contributed by atoms with Crippen molar-refractivity contribution in [1.29, 1.82) is 0 Å². The van der Waals surface area contributed by atoms with Gasteiger partial charge in [0.15, 0.2) is 0 Å². The number of ether oxygens (including phenoxy) is 3. The number of alkyl carbamates (subject to hydrolysis) is 2. The summed E-state index contributed by atoms with van der Waals surface area (Å²) in [6, 6.07) is 29.4. The van der Waals surface area contributed by atoms with Gasteiger partial charge in [-0.2, -0.15) is 0 Å². The number of imidazole rings is 2. The van der Waals surface area contributed by atoms with Gasteiger partial charge in [0.1, 0.15) is 24.3 Å². The zero-order valence-electron chi connectivity index (χ0n) is 35.1. The Morgan fingerprint density at radius 1 is 0.820 bits per heavy atom. The van der Waals surface area contributed by atoms with E-state index in [2.05, 4.69) is 93.2 Å². The maximum absolute atomic E-state index is 14.0. The van der Waals surface area contributed by atoms with Gasteiger partial charge in [-0.25, -0.2) is 19.6 Å². The Balaban J connectivity index is 0.938. The lowest BCUT2D eigenvalue weighted by Crippen LogP contribution is -2.54. The number of fused-ring (bicyclic) bond motifs is 1. The SMILES string of the molecule is CCCC[C@H](NC(=O)OCc1ccccc1)c1ncc(-c2ccc3cc(-c4ccc(-c5cnc([C@@H]6CC7(CC7)CN6C(=O)[C@@H](NC(=O)OC)[C@@H](C)OC)[nH]5)cc4)ccc3c2)[nH]1. The van der Waals surface area contributed by atoms with Crippen LogP contribution >= 0.6 is 0 Å². The number of carbonyl (C=O) groups excluding carboxylic acids is 3. The van der Waals surface area contributed by atoms with Crippen molar-refractivity contribution in [3.05, 3.63) is 121 Å². The van der Waals surface area contributed by atoms with E-state index in [1.54, 1.807) is 6.92 Å². The van der Waals surface area contributed by atoms with E-state index in [0.717, 1.165) is 94.3 Å². The van der Waals surface area contributed by atoms with Crippen molar-refractivity contribution < 1.29 is 28.6 Å². The molecule has 6 aromatic rings. The Hall–Kier alpha value is -6.47. The molecule has 4 aromatic carbocycles. The second-order valence-corrected chi connectivity index (χ2v) is 16.4. The largest absolute Gasteiger partial charge is 0.453 e. The number of aromatic nitrogens is 4. The minimum atomic E-state index is -0.889. The first kappa shape index (κ1) is 41.3. The summed E-state index contributed by atoms with van der Waals surface area (Å²) in [5.74, 6) is 1.21. The summed E-state index contributed by atoms with van der Waals surface area (Å²) in [4.78, 5) is 57.1. The fourth-order valence-electron chi connectivity index (χ4n) is 8.29. The number of aromatic amines is 2. The molecule has 2 fully saturated rings. The molecule has 1 saturated heterocycles. The number of nitrogens with one attached hydrogen (secondary N) is 4. The first-order valence-electron chi connectivity index (χ1n) is 21.1. The number of H-pyrrole nitrogens is 2. The van der Waals surface area contributed by atoms with Gasteiger partial charge >= 0.3 is 12.2 Å². The van der Waals surface area contributed by atoms with E-state index in [4.69, 9.17) is 19.2 Å². The van der Waals surface area contributed by atoms with Gasteiger partial charge in [-0.15, -0.1) is 0 Å². The molecule has 3 amide bonds. The van der Waals surface area contributed by atoms with E-state index in [1.807, 2.05) is 47.6 Å². The van der Waals surface area contributed by atoms with Gasteiger partial charge in [-0.3, -0.25) is 4.79 Å². The predicted molar refractivity (Wildman–Crippen MR) is 233 cm³/mol. The molecule has 0 radical (unpaired) electrons. The lowest BCUT2D eigenvalue weighted by atomic mass is 9.98. The highest BCUT2D eigenvalue weighted by Gasteiger charge is 2.55. The smallest absolute Gasteiger partial charge is 0.408 e. The summed E-state index contributed by atoms with van der Waals surface area (Å²) in [7, 11) is 2.80. The van der Waals surface area contributed by atoms with E-state index in [1.165, 1.54) is 14.2 Å². The van der Waals surface area contributed by atoms with Gasteiger partial charge in [-0.05, 0) is 83.2 Å². The van der Waals surface area contributed by atoms with E-state index < -0.39 is 24.3 Å². The van der Waals surface area contributed by atoms with Crippen LogP contribution in [0.4, 0.5) is 9.59 Å². The Morgan fingerprint density at radius 2 is 1.49 bits per heavy atom. The lowest BCUT2D eigenvalue weighted by molar-refractivity contribution is -0.137. The second-order valence-electron chi connectivity index (χ2n) is 16.4. The van der Waals surface area contributed by atoms with Gasteiger partial charge in [-0.1, -0.05) is 98.6 Å². The average Bonchev–Trinajstić information content (AvgIpc) is 3.62. The second kappa shape index (κ2) is 18.0. The van der Waals surface area contributed by atoms with Crippen molar-refractivity contribution in [2.75, 3.05) is 20.8 Å². The third-order valence-electron chi connectivity index (χ3n) is 12.2. The molecular formula is C48H53N7O6. The van der Waals surface area contributed by atoms with Crippen molar-refractivity contribution in [2.45, 2.75) is 83.2 Å². The molecule has 4 N–H and O–H groups in total. The quantitative estimate of drug-likeness (QED) is 0.0797. The highest BCUT2D eigenvalue weighted by atomic mass is 16.5. The van der Waals surface area contributed by atoms with Crippen LogP contribution in [0.15, 0.2) is 103 Å². The number of nitrogens with zero attached hydrogens (tertiary/aromatic N) is 3. The van der Waals surface area contributed by atoms with Gasteiger partial charge in [0.05, 0.1) is 49.1 Å². The van der Waals surface area contributed by atoms with Crippen LogP contribution in [-0.4, -0.2) is 75.8 Å². The van der Waals surface area contributed by atoms with E-state index in [0.29, 0.717) is 12.4 Å². The van der Waals surface area contributed by atoms with Crippen LogP contribution in [0.3, 0.4) is 0 Å². The zero-order valence-corrected chi connectivity index (χ0v) is 35.1. The zero-order chi connectivity index (χ0) is 42.5. The molecule has 8 rings (SSSR count). The molecule has 1 aliphatic carbocycles. The molecule has 0 unspecified atom stereocenters. The van der Waals surface area contributed by atoms with Crippen LogP contribution in [0.5, 0.6) is 0 Å². The number of likely N-dealkylation sites (tertiary alicyclic amines) is 1. The van der Waals surface area contributed by atoms with Crippen molar-refractivity contribution in [1.82, 2.24) is 35.5 Å². The molecule has 2 aromatic heterocycles. The molecule has 13 nitrogen and oxygen atoms in total. The molecular weight excluding hydrogens is 771 g/mol. The highest BCUT2D eigenvalue weighted by molar-refractivity contribution is 5.91. The third-order valence-corrected chi connectivity index (χ3v) is 12.2. The number of carbonyl (C=O) groups is 3. The molecule has 1 aliphatic heterocycles. The molecule has 3 heterocycles. The number of benzene rings is 4. The highest BCUT2D eigenvalue weighted by Crippen LogP contribution is 2.58. The first-order chi connectivity index (χ1) is 29.7. The standard InChI is InChI=1S/C48H53N7O6/c1-5-6-12-38(53-47(58)61-28-31-10-8-7-9-11-31)43-49-27-40(51-43)37-20-19-35-23-34(17-18-36(35)24-37)32-13-15-33(16-14-32)39-26-50-44(52-39)41-25-48(21-22-48)29-55(41)45(56)42(30(2)59-3)54-46(57)60-4/h7-11,13-20,23-24,26-27,30,38,41-42H,5-6,12,21-22,25,28-29H2,1-4H3,(H,49,51)(H,50,52)(H,53,58)(H,54,57)/t30-,38+,41+,42+/m1/s1. The summed E-state index contributed by atoms with van der Waals surface area (Å²) in [6.07, 6.45) is 7.56. The van der Waals surface area contributed by atoms with Crippen LogP contribution in [0, 0.1) is 5.41 Å². The Labute approximate surface area is 355 Å². The lowest BCUT2D eigenvalue weighted by Gasteiger charge is -2.30. The van der Waals surface area contributed by atoms with Crippen LogP contribution in [0.1, 0.15) is 81.7 Å². The number of amides is 3. The van der Waals surface area contributed by atoms with Crippen LogP contribution in [-0.2, 0) is 25.6 Å². The average molecular weight is 824 g/mol. The van der Waals surface area contributed by atoms with Crippen LogP contribution in [0.25, 0.3) is 44.4 Å². The molecule has 1 saturated carbocycles. The predicted octanol–water partition coefficient (Wildman–Crippen LogP) is 9.26. The van der Waals surface area contributed by atoms with Crippen LogP contribution in [0.2, 0.25) is 0 Å². The van der Waals surface area contributed by atoms with Gasteiger partial charge in [0.25, 0.3) is 0 Å². The molecule has 13 heteroatoms. The summed E-state index contributed by atoms with van der Waals surface area (Å²) >= 11 is 0. The molecule has 316 valence electrons. The summed E-state index contributed by atoms with van der Waals surface area (Å²) in [6.45, 7) is 4.70. The number of methoxy groups -OCH3 is 2. The monoisotopic (exact) mass is 823 g/mol. The molecule has 4 atom stereocenters. The fourth-order valence-corrected chi connectivity index (χ4v) is 8.29. The van der Waals surface area contributed by atoms with Gasteiger partial charge in [0, 0.05) is 19.2 Å². The van der Waals surface area contributed by atoms with E-state index in [9.17, 15) is 14.4 Å². The minimum absolute atomic E-state index is 0.0854. The molecule has 0 bridgehead atoms. The van der Waals surface area contributed by atoms with E-state index in [-0.39, 0.29) is 30.0 Å². The van der Waals surface area contributed by atoms with Crippen LogP contribution < -0.4 is 10.6 Å². The first-order valence-corrected chi connectivity index (χ1v) is 21.1.